The predicted octanol–water partition coefficient (Wildman–Crippen LogP) is 9.67. The topological polar surface area (TPSA) is 133 Å². The van der Waals surface area contributed by atoms with Gasteiger partial charge in [0, 0.05) is 80.4 Å². The fourth-order valence-electron chi connectivity index (χ4n) is 9.16. The molecule has 3 aliphatic rings. The average molecular weight is 990 g/mol. The van der Waals surface area contributed by atoms with Gasteiger partial charge in [0.2, 0.25) is 0 Å². The van der Waals surface area contributed by atoms with Gasteiger partial charge in [-0.25, -0.2) is 0 Å². The molecule has 16 heteroatoms. The largest absolute Gasteiger partial charge is 0.493 e. The lowest BCUT2D eigenvalue weighted by Crippen LogP contribution is -2.38. The second-order valence-electron chi connectivity index (χ2n) is 17.7. The summed E-state index contributed by atoms with van der Waals surface area (Å²) < 4.78 is 41.7. The van der Waals surface area contributed by atoms with Gasteiger partial charge in [-0.05, 0) is 91.2 Å². The minimum atomic E-state index is -0.184. The maximum atomic E-state index is 14.1. The van der Waals surface area contributed by atoms with Gasteiger partial charge in [0.1, 0.15) is 13.2 Å². The van der Waals surface area contributed by atoms with Crippen molar-refractivity contribution in [1.82, 2.24) is 0 Å². The maximum Gasteiger partial charge on any atom is 0.261 e. The number of nitrogens with zero attached hydrogens (tertiary/aromatic N) is 4. The minimum absolute atomic E-state index is 0.114. The van der Waals surface area contributed by atoms with Crippen LogP contribution in [0.4, 0.5) is 28.4 Å². The Morgan fingerprint density at radius 3 is 2.16 bits per heavy atom. The Kier molecular flexibility index (Phi) is 16.8. The number of benzene rings is 5. The lowest BCUT2D eigenvalue weighted by Gasteiger charge is -2.34. The van der Waals surface area contributed by atoms with Gasteiger partial charge in [-0.15, -0.1) is 0 Å². The highest BCUT2D eigenvalue weighted by Gasteiger charge is 2.37. The van der Waals surface area contributed by atoms with E-state index in [1.807, 2.05) is 69.3 Å². The van der Waals surface area contributed by atoms with Crippen molar-refractivity contribution in [3.63, 3.8) is 0 Å². The highest BCUT2D eigenvalue weighted by atomic mass is 33.1. The second kappa shape index (κ2) is 23.3. The number of carbonyl (C=O) groups is 2. The van der Waals surface area contributed by atoms with Crippen molar-refractivity contribution in [2.24, 2.45) is 4.99 Å². The number of methoxy groups -OCH3 is 3. The van der Waals surface area contributed by atoms with Crippen molar-refractivity contribution in [3.05, 3.63) is 124 Å². The summed E-state index contributed by atoms with van der Waals surface area (Å²) in [6.45, 7) is 9.24. The van der Waals surface area contributed by atoms with E-state index in [1.165, 1.54) is 0 Å². The van der Waals surface area contributed by atoms with E-state index in [0.717, 1.165) is 52.3 Å². The molecule has 0 spiro atoms. The molecular formula is C54H63N5O9S2. The minimum Gasteiger partial charge on any atom is -0.493 e. The van der Waals surface area contributed by atoms with Crippen LogP contribution in [-0.4, -0.2) is 116 Å². The van der Waals surface area contributed by atoms with Crippen molar-refractivity contribution in [1.29, 1.82) is 0 Å². The number of hydrogen-bond donors (Lipinski definition) is 1. The number of nitrogens with one attached hydrogen (secondary N) is 1. The quantitative estimate of drug-likeness (QED) is 0.0465. The standard InChI is InChI=1S/C54H63N5O9S2/c1-54(2,70-69-7)35-57(18-19-65-22-23-66-21-20-62-4)40-25-36(33-67-50-30-44(55-3)42(28-48(50)63-5)52(60)58-17-16-38-12-8-10-14-46(38)58)24-37(26-40)34-68-51-31-45-43(29-49(51)64-6)53(61)59-41(32-56-45)27-39-13-9-11-15-47(39)59/h8-15,24-26,28-32,41,55H,16-23,27,33-35H2,1-7H3/t41-/m0/s1. The summed E-state index contributed by atoms with van der Waals surface area (Å²) in [6.07, 6.45) is 5.45. The first-order chi connectivity index (χ1) is 34.0. The van der Waals surface area contributed by atoms with Gasteiger partial charge in [-0.3, -0.25) is 19.5 Å². The number of rotatable bonds is 24. The van der Waals surface area contributed by atoms with Crippen LogP contribution in [0.15, 0.2) is 96.0 Å². The Labute approximate surface area is 419 Å². The third kappa shape index (κ3) is 11.6. The Hall–Kier alpha value is -5.91. The van der Waals surface area contributed by atoms with Crippen LogP contribution >= 0.6 is 21.6 Å². The molecule has 8 rings (SSSR count). The van der Waals surface area contributed by atoms with Crippen LogP contribution in [0.25, 0.3) is 0 Å². The Bertz CT molecular complexity index is 2680. The first kappa shape index (κ1) is 50.5. The van der Waals surface area contributed by atoms with E-state index in [1.54, 1.807) is 57.4 Å². The van der Waals surface area contributed by atoms with Crippen LogP contribution in [0.2, 0.25) is 0 Å². The zero-order valence-corrected chi connectivity index (χ0v) is 42.7. The zero-order valence-electron chi connectivity index (χ0n) is 41.1. The van der Waals surface area contributed by atoms with Gasteiger partial charge in [-0.1, -0.05) is 58.0 Å². The Morgan fingerprint density at radius 1 is 0.800 bits per heavy atom. The van der Waals surface area contributed by atoms with Crippen molar-refractivity contribution in [2.75, 3.05) is 107 Å². The first-order valence-electron chi connectivity index (χ1n) is 23.5. The van der Waals surface area contributed by atoms with E-state index in [4.69, 9.17) is 38.2 Å². The molecule has 0 saturated carbocycles. The zero-order chi connectivity index (χ0) is 49.2. The summed E-state index contributed by atoms with van der Waals surface area (Å²) in [7, 11) is 10.2. The molecule has 0 aromatic heterocycles. The highest BCUT2D eigenvalue weighted by Crippen LogP contribution is 2.42. The number of amides is 2. The summed E-state index contributed by atoms with van der Waals surface area (Å²) in [6, 6.07) is 29.3. The lowest BCUT2D eigenvalue weighted by molar-refractivity contribution is 0.0264. The lowest BCUT2D eigenvalue weighted by atomic mass is 10.1. The van der Waals surface area contributed by atoms with Crippen LogP contribution in [0.3, 0.4) is 0 Å². The molecule has 14 nitrogen and oxygen atoms in total. The molecule has 0 radical (unpaired) electrons. The van der Waals surface area contributed by atoms with Crippen LogP contribution < -0.4 is 39.0 Å². The monoisotopic (exact) mass is 989 g/mol. The first-order valence-corrected chi connectivity index (χ1v) is 26.1. The molecule has 5 aromatic carbocycles. The molecule has 0 saturated heterocycles. The number of aliphatic imine (C=N–C) groups is 1. The second-order valence-corrected chi connectivity index (χ2v) is 20.8. The van der Waals surface area contributed by atoms with E-state index in [2.05, 4.69) is 60.7 Å². The van der Waals surface area contributed by atoms with Gasteiger partial charge >= 0.3 is 0 Å². The molecule has 3 heterocycles. The summed E-state index contributed by atoms with van der Waals surface area (Å²) in [5.74, 6) is 1.57. The fraction of sp³-hybridized carbons (Fsp3) is 0.389. The van der Waals surface area contributed by atoms with Gasteiger partial charge < -0.3 is 48.3 Å². The molecule has 370 valence electrons. The van der Waals surface area contributed by atoms with Crippen molar-refractivity contribution in [2.45, 2.75) is 50.7 Å². The van der Waals surface area contributed by atoms with E-state index in [0.29, 0.717) is 98.0 Å². The maximum absolute atomic E-state index is 14.1. The Morgan fingerprint density at radius 2 is 1.46 bits per heavy atom. The molecule has 1 atom stereocenters. The van der Waals surface area contributed by atoms with Gasteiger partial charge in [-0.2, -0.15) is 0 Å². The molecule has 5 aromatic rings. The van der Waals surface area contributed by atoms with Gasteiger partial charge in [0.05, 0.1) is 75.8 Å². The summed E-state index contributed by atoms with van der Waals surface area (Å²) in [5, 5.41) is 3.23. The molecule has 70 heavy (non-hydrogen) atoms. The van der Waals surface area contributed by atoms with Crippen LogP contribution in [0.5, 0.6) is 23.0 Å². The number of hydrogen-bond acceptors (Lipinski definition) is 14. The van der Waals surface area contributed by atoms with E-state index < -0.39 is 0 Å². The van der Waals surface area contributed by atoms with Crippen molar-refractivity contribution < 1.29 is 42.7 Å². The molecule has 3 aliphatic heterocycles. The van der Waals surface area contributed by atoms with Gasteiger partial charge in [0.25, 0.3) is 11.8 Å². The van der Waals surface area contributed by atoms with Crippen LogP contribution in [0, 0.1) is 0 Å². The molecule has 0 bridgehead atoms. The summed E-state index contributed by atoms with van der Waals surface area (Å²) >= 11 is 0. The third-order valence-electron chi connectivity index (χ3n) is 12.4. The number of ether oxygens (including phenoxy) is 7. The highest BCUT2D eigenvalue weighted by molar-refractivity contribution is 8.77. The van der Waals surface area contributed by atoms with E-state index in [9.17, 15) is 9.59 Å². The summed E-state index contributed by atoms with van der Waals surface area (Å²) in [5.41, 5.74) is 8.91. The van der Waals surface area contributed by atoms with Crippen molar-refractivity contribution >= 4 is 68.1 Å². The smallest absolute Gasteiger partial charge is 0.261 e. The van der Waals surface area contributed by atoms with E-state index >= 15 is 0 Å². The average Bonchev–Trinajstić information content (AvgIpc) is 3.95. The van der Waals surface area contributed by atoms with Gasteiger partial charge in [0.15, 0.2) is 23.0 Å². The molecular weight excluding hydrogens is 927 g/mol. The third-order valence-corrected chi connectivity index (χ3v) is 15.0. The predicted molar refractivity (Wildman–Crippen MR) is 282 cm³/mol. The number of para-hydroxylation sites is 2. The number of fused-ring (bicyclic) bond motifs is 5. The molecule has 0 unspecified atom stereocenters. The van der Waals surface area contributed by atoms with Crippen molar-refractivity contribution in [3.8, 4) is 23.0 Å². The SMILES string of the molecule is CNc1cc(OCc2cc(COc3cc4c(cc3OC)C(=O)N3c5ccccc5C[C@H]3C=N4)cc(N(CCOCCOCCOC)CC(C)(C)SSC)c2)c(OC)cc1C(=O)N1CCc2ccccc21. The molecule has 2 amide bonds. The normalized spacial score (nSPS) is 14.7. The number of carbonyl (C=O) groups excluding carboxylic acids is 2. The molecule has 1 N–H and O–H groups in total. The van der Waals surface area contributed by atoms with Crippen LogP contribution in [0.1, 0.15) is 56.8 Å². The fourth-order valence-corrected chi connectivity index (χ4v) is 11.3. The molecule has 0 aliphatic carbocycles. The number of anilines is 4. The van der Waals surface area contributed by atoms with Crippen LogP contribution in [-0.2, 0) is 40.3 Å². The molecule has 0 fully saturated rings. The summed E-state index contributed by atoms with van der Waals surface area (Å²) in [4.78, 5) is 39.1. The Balaban J connectivity index is 1.08. The van der Waals surface area contributed by atoms with E-state index in [-0.39, 0.29) is 35.8 Å².